The van der Waals surface area contributed by atoms with Gasteiger partial charge in [-0.3, -0.25) is 5.32 Å². The first-order valence-corrected chi connectivity index (χ1v) is 6.34. The van der Waals surface area contributed by atoms with E-state index in [2.05, 4.69) is 12.2 Å². The highest BCUT2D eigenvalue weighted by Crippen LogP contribution is 2.29. The number of carbonyl (C=O) groups excluding carboxylic acids is 1. The Bertz CT molecular complexity index is 415. The molecule has 1 aromatic carbocycles. The summed E-state index contributed by atoms with van der Waals surface area (Å²) < 4.78 is 41.9. The van der Waals surface area contributed by atoms with Crippen molar-refractivity contribution in [3.05, 3.63) is 36.8 Å². The molecular weight excluding hydrogens is 271 g/mol. The molecule has 1 rings (SSSR count). The number of hydrogen-bond acceptors (Lipinski definition) is 2. The Morgan fingerprint density at radius 3 is 2.35 bits per heavy atom. The number of amides is 1. The molecule has 0 saturated heterocycles. The van der Waals surface area contributed by atoms with Gasteiger partial charge in [0.05, 0.1) is 12.2 Å². The number of anilines is 1. The maximum atomic E-state index is 12.3. The highest BCUT2D eigenvalue weighted by atomic mass is 19.4. The maximum Gasteiger partial charge on any atom is 0.416 e. The summed E-state index contributed by atoms with van der Waals surface area (Å²) in [5.41, 5.74) is -0.495. The average molecular weight is 288 g/mol. The van der Waals surface area contributed by atoms with Crippen LogP contribution in [-0.2, 0) is 10.9 Å². The third kappa shape index (κ3) is 5.95. The van der Waals surface area contributed by atoms with Crippen LogP contribution in [0, 0.1) is 6.92 Å². The number of benzene rings is 1. The largest absolute Gasteiger partial charge is 0.449 e. The van der Waals surface area contributed by atoms with Crippen LogP contribution in [0.2, 0.25) is 0 Å². The predicted molar refractivity (Wildman–Crippen MR) is 70.2 cm³/mol. The lowest BCUT2D eigenvalue weighted by Gasteiger charge is -2.09. The van der Waals surface area contributed by atoms with Crippen molar-refractivity contribution in [3.63, 3.8) is 0 Å². The van der Waals surface area contributed by atoms with E-state index in [-0.39, 0.29) is 12.3 Å². The van der Waals surface area contributed by atoms with Crippen LogP contribution in [0.15, 0.2) is 24.3 Å². The molecule has 1 amide bonds. The SMILES string of the molecule is [CH2]CCCCCOC(=O)Nc1ccc(C(F)(F)F)cc1. The number of nitrogens with one attached hydrogen (secondary N) is 1. The van der Waals surface area contributed by atoms with E-state index in [1.54, 1.807) is 0 Å². The number of carbonyl (C=O) groups is 1. The summed E-state index contributed by atoms with van der Waals surface area (Å²) in [6.45, 7) is 3.98. The molecule has 0 fully saturated rings. The van der Waals surface area contributed by atoms with Gasteiger partial charge in [-0.1, -0.05) is 26.2 Å². The third-order valence-electron chi connectivity index (χ3n) is 2.59. The van der Waals surface area contributed by atoms with E-state index in [1.807, 2.05) is 0 Å². The Balaban J connectivity index is 2.35. The topological polar surface area (TPSA) is 38.3 Å². The van der Waals surface area contributed by atoms with Crippen LogP contribution < -0.4 is 5.32 Å². The highest BCUT2D eigenvalue weighted by molar-refractivity contribution is 5.84. The van der Waals surface area contributed by atoms with Crippen molar-refractivity contribution in [2.45, 2.75) is 31.9 Å². The first kappa shape index (κ1) is 16.3. The fourth-order valence-corrected chi connectivity index (χ4v) is 1.52. The second kappa shape index (κ2) is 7.77. The van der Waals surface area contributed by atoms with Crippen LogP contribution in [0.1, 0.15) is 31.2 Å². The van der Waals surface area contributed by atoms with Crippen molar-refractivity contribution in [3.8, 4) is 0 Å². The molecule has 6 heteroatoms. The molecule has 0 spiro atoms. The average Bonchev–Trinajstić information content (AvgIpc) is 2.38. The van der Waals surface area contributed by atoms with Crippen molar-refractivity contribution in [1.82, 2.24) is 0 Å². The van der Waals surface area contributed by atoms with Crippen molar-refractivity contribution in [2.75, 3.05) is 11.9 Å². The normalized spacial score (nSPS) is 11.2. The summed E-state index contributed by atoms with van der Waals surface area (Å²) in [5.74, 6) is 0. The standard InChI is InChI=1S/C14H17F3NO2/c1-2-3-4-5-10-20-13(19)18-12-8-6-11(7-9-12)14(15,16)17/h6-9H,1-5,10H2,(H,18,19). The third-order valence-corrected chi connectivity index (χ3v) is 2.59. The van der Waals surface area contributed by atoms with Gasteiger partial charge >= 0.3 is 12.3 Å². The first-order valence-electron chi connectivity index (χ1n) is 6.34. The van der Waals surface area contributed by atoms with Gasteiger partial charge in [0, 0.05) is 5.69 Å². The van der Waals surface area contributed by atoms with Gasteiger partial charge in [0.2, 0.25) is 0 Å². The fourth-order valence-electron chi connectivity index (χ4n) is 1.52. The van der Waals surface area contributed by atoms with Crippen molar-refractivity contribution >= 4 is 11.8 Å². The fraction of sp³-hybridized carbons (Fsp3) is 0.429. The van der Waals surface area contributed by atoms with Gasteiger partial charge in [0.15, 0.2) is 0 Å². The van der Waals surface area contributed by atoms with E-state index in [0.717, 1.165) is 37.8 Å². The molecular formula is C14H17F3NO2. The molecule has 1 N–H and O–H groups in total. The zero-order valence-corrected chi connectivity index (χ0v) is 11.0. The predicted octanol–water partition coefficient (Wildman–Crippen LogP) is 4.65. The summed E-state index contributed by atoms with van der Waals surface area (Å²) in [6.07, 6.45) is -1.55. The second-order valence-corrected chi connectivity index (χ2v) is 4.25. The molecule has 0 aliphatic rings. The number of alkyl halides is 3. The van der Waals surface area contributed by atoms with Gasteiger partial charge in [-0.25, -0.2) is 4.79 Å². The van der Waals surface area contributed by atoms with Gasteiger partial charge in [-0.05, 0) is 30.7 Å². The monoisotopic (exact) mass is 288 g/mol. The van der Waals surface area contributed by atoms with Crippen LogP contribution in [0.4, 0.5) is 23.7 Å². The molecule has 1 radical (unpaired) electrons. The van der Waals surface area contributed by atoms with E-state index >= 15 is 0 Å². The first-order chi connectivity index (χ1) is 9.43. The van der Waals surface area contributed by atoms with Crippen LogP contribution in [0.3, 0.4) is 0 Å². The van der Waals surface area contributed by atoms with Crippen molar-refractivity contribution < 1.29 is 22.7 Å². The lowest BCUT2D eigenvalue weighted by Crippen LogP contribution is -2.14. The van der Waals surface area contributed by atoms with Crippen LogP contribution in [0.25, 0.3) is 0 Å². The number of ether oxygens (including phenoxy) is 1. The van der Waals surface area contributed by atoms with Gasteiger partial charge < -0.3 is 4.74 Å². The maximum absolute atomic E-state index is 12.3. The minimum atomic E-state index is -4.38. The van der Waals surface area contributed by atoms with Crippen molar-refractivity contribution in [2.24, 2.45) is 0 Å². The molecule has 1 aromatic rings. The number of rotatable bonds is 6. The molecule has 0 aliphatic carbocycles. The summed E-state index contributed by atoms with van der Waals surface area (Å²) in [5, 5.41) is 2.37. The number of halogens is 3. The molecule has 0 heterocycles. The second-order valence-electron chi connectivity index (χ2n) is 4.25. The zero-order valence-electron chi connectivity index (χ0n) is 11.0. The van der Waals surface area contributed by atoms with Gasteiger partial charge in [-0.15, -0.1) is 0 Å². The van der Waals surface area contributed by atoms with Gasteiger partial charge in [-0.2, -0.15) is 13.2 Å². The summed E-state index contributed by atoms with van der Waals surface area (Å²) >= 11 is 0. The minimum absolute atomic E-state index is 0.265. The van der Waals surface area contributed by atoms with Crippen LogP contribution in [-0.4, -0.2) is 12.7 Å². The number of hydrogen-bond donors (Lipinski definition) is 1. The molecule has 0 atom stereocenters. The Morgan fingerprint density at radius 1 is 1.15 bits per heavy atom. The molecule has 0 saturated carbocycles. The Kier molecular flexibility index (Phi) is 6.35. The van der Waals surface area contributed by atoms with E-state index in [0.29, 0.717) is 0 Å². The van der Waals surface area contributed by atoms with E-state index in [4.69, 9.17) is 4.74 Å². The van der Waals surface area contributed by atoms with Crippen LogP contribution in [0.5, 0.6) is 0 Å². The summed E-state index contributed by atoms with van der Waals surface area (Å²) in [7, 11) is 0. The molecule has 0 aliphatic heterocycles. The summed E-state index contributed by atoms with van der Waals surface area (Å²) in [6, 6.07) is 4.19. The highest BCUT2D eigenvalue weighted by Gasteiger charge is 2.29. The Labute approximate surface area is 116 Å². The molecule has 3 nitrogen and oxygen atoms in total. The summed E-state index contributed by atoms with van der Waals surface area (Å²) in [4.78, 5) is 11.4. The minimum Gasteiger partial charge on any atom is -0.449 e. The van der Waals surface area contributed by atoms with E-state index < -0.39 is 17.8 Å². The van der Waals surface area contributed by atoms with Gasteiger partial charge in [0.1, 0.15) is 0 Å². The van der Waals surface area contributed by atoms with Gasteiger partial charge in [0.25, 0.3) is 0 Å². The van der Waals surface area contributed by atoms with E-state index in [1.165, 1.54) is 12.1 Å². The lowest BCUT2D eigenvalue weighted by atomic mass is 10.2. The smallest absolute Gasteiger partial charge is 0.416 e. The molecule has 111 valence electrons. The molecule has 0 bridgehead atoms. The van der Waals surface area contributed by atoms with Crippen LogP contribution >= 0.6 is 0 Å². The quantitative estimate of drug-likeness (QED) is 0.774. The number of unbranched alkanes of at least 4 members (excludes halogenated alkanes) is 3. The Morgan fingerprint density at radius 2 is 1.80 bits per heavy atom. The van der Waals surface area contributed by atoms with Crippen molar-refractivity contribution in [1.29, 1.82) is 0 Å². The lowest BCUT2D eigenvalue weighted by molar-refractivity contribution is -0.137. The van der Waals surface area contributed by atoms with E-state index in [9.17, 15) is 18.0 Å². The molecule has 20 heavy (non-hydrogen) atoms. The molecule has 0 aromatic heterocycles. The molecule has 0 unspecified atom stereocenters. The Hall–Kier alpha value is -1.72. The zero-order chi connectivity index (χ0) is 15.0.